The number of benzene rings is 1. The monoisotopic (exact) mass is 493 g/mol. The molecule has 0 saturated heterocycles. The lowest BCUT2D eigenvalue weighted by molar-refractivity contribution is -0.134. The lowest BCUT2D eigenvalue weighted by Gasteiger charge is -2.04. The number of hydrogen-bond acceptors (Lipinski definition) is 4. The normalized spacial score (nSPS) is 10.5. The van der Waals surface area contributed by atoms with Gasteiger partial charge in [0.05, 0.1) is 6.21 Å². The van der Waals surface area contributed by atoms with Crippen molar-refractivity contribution in [2.24, 2.45) is 5.16 Å². The smallest absolute Gasteiger partial charge is 0.311 e. The Morgan fingerprint density at radius 1 is 0.750 bits per heavy atom. The summed E-state index contributed by atoms with van der Waals surface area (Å²) in [5.74, 6) is 12.7. The van der Waals surface area contributed by atoms with Crippen LogP contribution in [0.25, 0.3) is 0 Å². The van der Waals surface area contributed by atoms with E-state index in [0.29, 0.717) is 12.2 Å². The Balaban J connectivity index is 1.88. The summed E-state index contributed by atoms with van der Waals surface area (Å²) < 4.78 is 5.32. The fraction of sp³-hybridized carbons (Fsp3) is 0.625. The van der Waals surface area contributed by atoms with Gasteiger partial charge in [0.2, 0.25) is 0 Å². The van der Waals surface area contributed by atoms with Gasteiger partial charge in [-0.3, -0.25) is 4.79 Å². The number of rotatable bonds is 20. The molecule has 0 unspecified atom stereocenters. The molecule has 0 radical (unpaired) electrons. The van der Waals surface area contributed by atoms with Crippen molar-refractivity contribution in [3.05, 3.63) is 29.8 Å². The van der Waals surface area contributed by atoms with Crippen LogP contribution in [-0.2, 0) is 4.79 Å². The molecule has 0 fully saturated rings. The van der Waals surface area contributed by atoms with Crippen molar-refractivity contribution >= 4 is 12.2 Å². The second-order valence-corrected chi connectivity index (χ2v) is 9.44. The molecule has 1 N–H and O–H groups in total. The van der Waals surface area contributed by atoms with E-state index in [4.69, 9.17) is 9.94 Å². The van der Waals surface area contributed by atoms with Gasteiger partial charge >= 0.3 is 5.97 Å². The van der Waals surface area contributed by atoms with Crippen LogP contribution in [0.15, 0.2) is 29.4 Å². The van der Waals surface area contributed by atoms with Crippen LogP contribution in [0.5, 0.6) is 5.75 Å². The van der Waals surface area contributed by atoms with Gasteiger partial charge in [-0.05, 0) is 60.9 Å². The van der Waals surface area contributed by atoms with Crippen molar-refractivity contribution in [3.8, 4) is 29.4 Å². The molecule has 0 heterocycles. The highest BCUT2D eigenvalue weighted by molar-refractivity contribution is 5.79. The Morgan fingerprint density at radius 3 is 1.72 bits per heavy atom. The van der Waals surface area contributed by atoms with E-state index < -0.39 is 0 Å². The highest BCUT2D eigenvalue weighted by Gasteiger charge is 2.04. The van der Waals surface area contributed by atoms with E-state index in [1.54, 1.807) is 24.3 Å². The predicted octanol–water partition coefficient (Wildman–Crippen LogP) is 8.84. The third-order valence-corrected chi connectivity index (χ3v) is 6.15. The lowest BCUT2D eigenvalue weighted by atomic mass is 10.1. The second-order valence-electron chi connectivity index (χ2n) is 9.44. The summed E-state index contributed by atoms with van der Waals surface area (Å²) in [7, 11) is 0. The molecule has 0 atom stereocenters. The molecule has 0 amide bonds. The average molecular weight is 494 g/mol. The van der Waals surface area contributed by atoms with E-state index in [0.717, 1.165) is 44.1 Å². The van der Waals surface area contributed by atoms with E-state index in [9.17, 15) is 4.79 Å². The number of carbonyl (C=O) groups is 1. The maximum atomic E-state index is 11.9. The van der Waals surface area contributed by atoms with Crippen molar-refractivity contribution < 1.29 is 14.7 Å². The topological polar surface area (TPSA) is 58.9 Å². The van der Waals surface area contributed by atoms with Crippen LogP contribution in [0.1, 0.15) is 134 Å². The summed E-state index contributed by atoms with van der Waals surface area (Å²) in [5.41, 5.74) is 0.746. The summed E-state index contributed by atoms with van der Waals surface area (Å²) >= 11 is 0. The van der Waals surface area contributed by atoms with Crippen molar-refractivity contribution in [1.29, 1.82) is 0 Å². The zero-order valence-electron chi connectivity index (χ0n) is 22.5. The van der Waals surface area contributed by atoms with Crippen LogP contribution in [0.2, 0.25) is 0 Å². The van der Waals surface area contributed by atoms with Gasteiger partial charge < -0.3 is 9.94 Å². The minimum absolute atomic E-state index is 0.205. The maximum absolute atomic E-state index is 11.9. The summed E-state index contributed by atoms with van der Waals surface area (Å²) in [6, 6.07) is 6.86. The van der Waals surface area contributed by atoms with Crippen LogP contribution in [0.3, 0.4) is 0 Å². The Hall–Kier alpha value is -2.72. The minimum atomic E-state index is -0.205. The third-order valence-electron chi connectivity index (χ3n) is 6.15. The Kier molecular flexibility index (Phi) is 20.9. The molecule has 0 aliphatic carbocycles. The number of ether oxygens (including phenoxy) is 1. The quantitative estimate of drug-likeness (QED) is 0.0375. The van der Waals surface area contributed by atoms with Gasteiger partial charge in [-0.1, -0.05) is 107 Å². The van der Waals surface area contributed by atoms with Gasteiger partial charge in [0.1, 0.15) is 5.75 Å². The van der Waals surface area contributed by atoms with Gasteiger partial charge in [-0.15, -0.1) is 0 Å². The molecule has 4 heteroatoms. The Labute approximate surface area is 220 Å². The highest BCUT2D eigenvalue weighted by Crippen LogP contribution is 2.14. The first kappa shape index (κ1) is 31.3. The van der Waals surface area contributed by atoms with Gasteiger partial charge in [0, 0.05) is 19.3 Å². The molecule has 0 aliphatic heterocycles. The Bertz CT molecular complexity index is 821. The molecule has 0 spiro atoms. The van der Waals surface area contributed by atoms with Crippen molar-refractivity contribution in [2.75, 3.05) is 0 Å². The fourth-order valence-electron chi connectivity index (χ4n) is 3.98. The molecular formula is C32H47NO3. The first-order valence-electron chi connectivity index (χ1n) is 14.2. The number of hydrogen-bond donors (Lipinski definition) is 1. The summed E-state index contributed by atoms with van der Waals surface area (Å²) in [6.45, 7) is 2.27. The summed E-state index contributed by atoms with van der Waals surface area (Å²) in [4.78, 5) is 11.9. The molecule has 36 heavy (non-hydrogen) atoms. The van der Waals surface area contributed by atoms with Crippen molar-refractivity contribution in [3.63, 3.8) is 0 Å². The molecule has 198 valence electrons. The number of carbonyl (C=O) groups excluding carboxylic acids is 1. The molecule has 1 rings (SSSR count). The van der Waals surface area contributed by atoms with Crippen molar-refractivity contribution in [1.82, 2.24) is 0 Å². The third kappa shape index (κ3) is 19.6. The van der Waals surface area contributed by atoms with Crippen LogP contribution < -0.4 is 4.74 Å². The van der Waals surface area contributed by atoms with Crippen molar-refractivity contribution in [2.45, 2.75) is 129 Å². The molecule has 0 aliphatic rings. The zero-order valence-corrected chi connectivity index (χ0v) is 22.5. The molecule has 0 saturated carbocycles. The van der Waals surface area contributed by atoms with Gasteiger partial charge in [0.25, 0.3) is 0 Å². The molecule has 0 aromatic heterocycles. The van der Waals surface area contributed by atoms with E-state index in [1.807, 2.05) is 0 Å². The number of oxime groups is 1. The number of nitrogens with zero attached hydrogens (tertiary/aromatic N) is 1. The molecule has 4 nitrogen and oxygen atoms in total. The summed E-state index contributed by atoms with van der Waals surface area (Å²) in [5, 5.41) is 11.5. The molecular weight excluding hydrogens is 446 g/mol. The predicted molar refractivity (Wildman–Crippen MR) is 150 cm³/mol. The van der Waals surface area contributed by atoms with E-state index in [-0.39, 0.29) is 5.97 Å². The first-order chi connectivity index (χ1) is 17.8. The summed E-state index contributed by atoms with van der Waals surface area (Å²) in [6.07, 6.45) is 23.7. The average Bonchev–Trinajstić information content (AvgIpc) is 2.88. The standard InChI is InChI=1S/C32H47NO3/c1-2-3-4-5-6-7-8-9-10-11-12-13-14-15-16-17-18-19-20-21-22-23-24-32(34)36-31-27-25-30(26-28-31)29-33-35/h25-29,35H,2-12,17-24H2,1H3/b33-29+. The van der Waals surface area contributed by atoms with Gasteiger partial charge in [-0.25, -0.2) is 0 Å². The van der Waals surface area contributed by atoms with Crippen LogP contribution in [-0.4, -0.2) is 17.4 Å². The van der Waals surface area contributed by atoms with E-state index >= 15 is 0 Å². The zero-order chi connectivity index (χ0) is 25.9. The largest absolute Gasteiger partial charge is 0.427 e. The van der Waals surface area contributed by atoms with E-state index in [2.05, 4.69) is 35.8 Å². The highest BCUT2D eigenvalue weighted by atomic mass is 16.5. The number of esters is 1. The Morgan fingerprint density at radius 2 is 1.22 bits per heavy atom. The molecule has 1 aromatic rings. The SMILES string of the molecule is CCCCCCCCCCCCC#CC#CCCCCCCCCC(=O)Oc1ccc(/C=N/O)cc1. The maximum Gasteiger partial charge on any atom is 0.311 e. The van der Waals surface area contributed by atoms with Gasteiger partial charge in [0.15, 0.2) is 0 Å². The van der Waals surface area contributed by atoms with Crippen LogP contribution in [0.4, 0.5) is 0 Å². The van der Waals surface area contributed by atoms with Crippen LogP contribution in [0, 0.1) is 23.7 Å². The minimum Gasteiger partial charge on any atom is -0.427 e. The first-order valence-corrected chi connectivity index (χ1v) is 14.2. The number of unbranched alkanes of at least 4 members (excludes halogenated alkanes) is 16. The fourth-order valence-corrected chi connectivity index (χ4v) is 3.98. The molecule has 1 aromatic carbocycles. The molecule has 0 bridgehead atoms. The van der Waals surface area contributed by atoms with E-state index in [1.165, 1.54) is 83.3 Å². The lowest BCUT2D eigenvalue weighted by Crippen LogP contribution is -2.07. The second kappa shape index (κ2) is 24.0. The van der Waals surface area contributed by atoms with Gasteiger partial charge in [-0.2, -0.15) is 0 Å². The van der Waals surface area contributed by atoms with Crippen LogP contribution >= 0.6 is 0 Å².